The van der Waals surface area contributed by atoms with Crippen molar-refractivity contribution in [3.8, 4) is 11.8 Å². The van der Waals surface area contributed by atoms with E-state index in [9.17, 15) is 24.4 Å². The number of rotatable bonds is 23. The number of ether oxygens (including phenoxy) is 5. The van der Waals surface area contributed by atoms with E-state index in [1.807, 2.05) is 27.7 Å². The summed E-state index contributed by atoms with van der Waals surface area (Å²) in [7, 11) is -4.78. The van der Waals surface area contributed by atoms with Crippen molar-refractivity contribution in [2.45, 2.75) is 117 Å². The Balaban J connectivity index is 1.79. The largest absolute Gasteiger partial charge is 0.465 e. The molecule has 1 aliphatic rings. The number of nitrogen functional groups attached to an aromatic ring is 1. The van der Waals surface area contributed by atoms with Gasteiger partial charge in [0.2, 0.25) is 5.60 Å². The number of hydrogen-bond donors (Lipinski definition) is 2. The van der Waals surface area contributed by atoms with Crippen molar-refractivity contribution in [1.29, 1.82) is 5.26 Å². The van der Waals surface area contributed by atoms with E-state index < -0.39 is 86.4 Å². The van der Waals surface area contributed by atoms with Gasteiger partial charge in [0, 0.05) is 0 Å². The minimum Gasteiger partial charge on any atom is -0.465 e. The molecule has 3 heterocycles. The van der Waals surface area contributed by atoms with Gasteiger partial charge in [-0.2, -0.15) is 15.4 Å². The number of nitrogens with one attached hydrogen (secondary N) is 1. The number of nitrogens with two attached hydrogens (primary N) is 1. The van der Waals surface area contributed by atoms with Crippen LogP contribution in [-0.2, 0) is 57.6 Å². The van der Waals surface area contributed by atoms with Crippen LogP contribution < -0.4 is 15.3 Å². The number of aromatic nitrogens is 3. The van der Waals surface area contributed by atoms with E-state index in [4.69, 9.17) is 38.5 Å². The molecule has 0 aliphatic carbocycles. The second-order valence-corrected chi connectivity index (χ2v) is 17.2. The van der Waals surface area contributed by atoms with Crippen molar-refractivity contribution in [3.05, 3.63) is 54.5 Å². The van der Waals surface area contributed by atoms with Crippen molar-refractivity contribution in [1.82, 2.24) is 19.7 Å². The average molecular weight is 871 g/mol. The van der Waals surface area contributed by atoms with Gasteiger partial charge < -0.3 is 33.9 Å². The van der Waals surface area contributed by atoms with E-state index in [1.165, 1.54) is 28.8 Å². The lowest BCUT2D eigenvalue weighted by atomic mass is 9.92. The minimum atomic E-state index is -4.78. The summed E-state index contributed by atoms with van der Waals surface area (Å²) in [5.74, 6) is -4.28. The molecule has 4 rings (SSSR count). The first-order valence-electron chi connectivity index (χ1n) is 20.7. The van der Waals surface area contributed by atoms with E-state index in [1.54, 1.807) is 45.9 Å². The highest BCUT2D eigenvalue weighted by atomic mass is 31.2. The van der Waals surface area contributed by atoms with Crippen LogP contribution in [0.3, 0.4) is 0 Å². The van der Waals surface area contributed by atoms with Crippen LogP contribution in [0.15, 0.2) is 48.8 Å². The molecule has 18 nitrogen and oxygen atoms in total. The Morgan fingerprint density at radius 3 is 2.10 bits per heavy atom. The Bertz CT molecular complexity index is 2030. The fraction of sp³-hybridized carbons (Fsp3) is 0.595. The Morgan fingerprint density at radius 2 is 1.51 bits per heavy atom. The van der Waals surface area contributed by atoms with Gasteiger partial charge in [0.05, 0.1) is 43.8 Å². The fourth-order valence-corrected chi connectivity index (χ4v) is 7.88. The Hall–Kier alpha value is -5.08. The topological polar surface area (TPSA) is 242 Å². The first kappa shape index (κ1) is 48.6. The molecule has 3 aromatic rings. The van der Waals surface area contributed by atoms with E-state index in [0.717, 1.165) is 32.0 Å². The van der Waals surface area contributed by atoms with Crippen molar-refractivity contribution in [3.63, 3.8) is 0 Å². The summed E-state index contributed by atoms with van der Waals surface area (Å²) in [4.78, 5) is 57.7. The Morgan fingerprint density at radius 1 is 0.902 bits per heavy atom. The van der Waals surface area contributed by atoms with Gasteiger partial charge in [0.25, 0.3) is 0 Å². The molecule has 1 fully saturated rings. The van der Waals surface area contributed by atoms with Crippen LogP contribution in [-0.4, -0.2) is 82.6 Å². The van der Waals surface area contributed by atoms with Gasteiger partial charge in [-0.25, -0.2) is 14.1 Å². The lowest BCUT2D eigenvalue weighted by molar-refractivity contribution is -0.173. The van der Waals surface area contributed by atoms with Crippen LogP contribution >= 0.6 is 7.75 Å². The maximum atomic E-state index is 15.0. The summed E-state index contributed by atoms with van der Waals surface area (Å²) >= 11 is 0. The minimum absolute atomic E-state index is 0.0267. The highest BCUT2D eigenvalue weighted by Crippen LogP contribution is 2.49. The van der Waals surface area contributed by atoms with Crippen molar-refractivity contribution < 1.29 is 56.5 Å². The zero-order valence-electron chi connectivity index (χ0n) is 36.1. The number of para-hydroxylation sites is 1. The molecule has 2 aromatic heterocycles. The zero-order valence-corrected chi connectivity index (χ0v) is 37.0. The summed E-state index contributed by atoms with van der Waals surface area (Å²) in [6.07, 6.45) is -1.14. The van der Waals surface area contributed by atoms with Gasteiger partial charge in [-0.1, -0.05) is 99.3 Å². The second kappa shape index (κ2) is 22.1. The Kier molecular flexibility index (Phi) is 17.6. The van der Waals surface area contributed by atoms with E-state index in [-0.39, 0.29) is 42.3 Å². The quantitative estimate of drug-likeness (QED) is 0.0623. The highest BCUT2D eigenvalue weighted by Gasteiger charge is 2.63. The van der Waals surface area contributed by atoms with Crippen LogP contribution in [0.25, 0.3) is 5.52 Å². The van der Waals surface area contributed by atoms with Gasteiger partial charge >= 0.3 is 31.6 Å². The van der Waals surface area contributed by atoms with Gasteiger partial charge in [0.15, 0.2) is 18.0 Å². The van der Waals surface area contributed by atoms with Crippen LogP contribution in [0.1, 0.15) is 93.2 Å². The van der Waals surface area contributed by atoms with Gasteiger partial charge in [-0.15, -0.1) is 0 Å². The first-order chi connectivity index (χ1) is 29.0. The molecule has 61 heavy (non-hydrogen) atoms. The van der Waals surface area contributed by atoms with Crippen LogP contribution in [0.2, 0.25) is 0 Å². The number of anilines is 1. The van der Waals surface area contributed by atoms with Crippen molar-refractivity contribution in [2.24, 2.45) is 23.7 Å². The predicted molar refractivity (Wildman–Crippen MR) is 221 cm³/mol. The lowest BCUT2D eigenvalue weighted by Gasteiger charge is -2.29. The van der Waals surface area contributed by atoms with Crippen molar-refractivity contribution >= 4 is 43.0 Å². The first-order valence-corrected chi connectivity index (χ1v) is 22.3. The number of nitriles is 1. The number of nitrogens with zero attached hydrogens (tertiary/aromatic N) is 4. The fourth-order valence-electron chi connectivity index (χ4n) is 6.37. The van der Waals surface area contributed by atoms with Gasteiger partial charge in [-0.05, 0) is 36.1 Å². The summed E-state index contributed by atoms with van der Waals surface area (Å²) in [6.45, 7) is 13.6. The SMILES string of the molecule is CCC(CC)COC(=O)C[C@H](N[P@](=O)(OC[C@H]1O[C@@](C#N)(c2ccc3c(N)ncnn23)[C@H](OC(=O)C(C)C)[C@@H]1OC(=O)C(C)C)Oc1ccccc1)C(=O)OCC(CC)CC. The summed E-state index contributed by atoms with van der Waals surface area (Å²) < 4.78 is 57.9. The third-order valence-corrected chi connectivity index (χ3v) is 12.0. The monoisotopic (exact) mass is 870 g/mol. The molecule has 1 aliphatic heterocycles. The maximum Gasteiger partial charge on any atom is 0.459 e. The molecular weight excluding hydrogens is 811 g/mol. The molecule has 334 valence electrons. The molecule has 0 saturated carbocycles. The normalized spacial score (nSPS) is 20.3. The summed E-state index contributed by atoms with van der Waals surface area (Å²) in [6, 6.07) is 11.5. The molecule has 0 unspecified atom stereocenters. The lowest BCUT2D eigenvalue weighted by Crippen LogP contribution is -2.47. The smallest absolute Gasteiger partial charge is 0.459 e. The van der Waals surface area contributed by atoms with E-state index >= 15 is 4.57 Å². The predicted octanol–water partition coefficient (Wildman–Crippen LogP) is 6.08. The molecule has 0 spiro atoms. The molecule has 6 atom stereocenters. The Labute approximate surface area is 356 Å². The van der Waals surface area contributed by atoms with Crippen LogP contribution in [0, 0.1) is 35.0 Å². The number of fused-ring (bicyclic) bond motifs is 1. The summed E-state index contributed by atoms with van der Waals surface area (Å²) in [5.41, 5.74) is 4.23. The molecule has 19 heteroatoms. The average Bonchev–Trinajstić information content (AvgIpc) is 3.81. The molecule has 0 amide bonds. The van der Waals surface area contributed by atoms with E-state index in [2.05, 4.69) is 21.2 Å². The van der Waals surface area contributed by atoms with Crippen molar-refractivity contribution in [2.75, 3.05) is 25.6 Å². The van der Waals surface area contributed by atoms with E-state index in [0.29, 0.717) is 5.52 Å². The molecule has 3 N–H and O–H groups in total. The summed E-state index contributed by atoms with van der Waals surface area (Å²) in [5, 5.41) is 17.9. The van der Waals surface area contributed by atoms with Gasteiger partial charge in [0.1, 0.15) is 35.8 Å². The van der Waals surface area contributed by atoms with Crippen LogP contribution in [0.4, 0.5) is 5.82 Å². The number of carbonyl (C=O) groups excluding carboxylic acids is 4. The highest BCUT2D eigenvalue weighted by molar-refractivity contribution is 7.52. The molecule has 1 aromatic carbocycles. The molecular formula is C42H59N6O12P. The number of hydrogen-bond acceptors (Lipinski definition) is 16. The molecule has 0 radical (unpaired) electrons. The van der Waals surface area contributed by atoms with Gasteiger partial charge in [-0.3, -0.25) is 23.7 Å². The number of benzene rings is 1. The maximum absolute atomic E-state index is 15.0. The number of esters is 4. The molecule has 0 bridgehead atoms. The van der Waals surface area contributed by atoms with Crippen LogP contribution in [0.5, 0.6) is 5.75 Å². The second-order valence-electron chi connectivity index (χ2n) is 15.5. The third-order valence-electron chi connectivity index (χ3n) is 10.5. The number of carbonyl (C=O) groups is 4. The standard InChI is InChI=1S/C42H59N6O12P/c1-9-28(10-2)21-54-35(49)20-31(41(52)55-22-29(11-3)12-4)47-61(53,60-30-16-14-13-15-17-30)56-23-33-36(57-39(50)26(5)6)37(58-40(51)27(7)8)42(24-43,59-33)34-19-18-32-38(44)45-25-46-48(32)34/h13-19,25-29,31,33,36-37H,9-12,20-23H2,1-8H3,(H,47,53)(H2,44,45,46)/t31-,33+,36+,37+,42-,61-/m0/s1. The zero-order chi connectivity index (χ0) is 44.9. The third kappa shape index (κ3) is 12.3. The molecule has 1 saturated heterocycles.